The zero-order chi connectivity index (χ0) is 13.7. The van der Waals surface area contributed by atoms with Crippen LogP contribution in [0.3, 0.4) is 0 Å². The van der Waals surface area contributed by atoms with E-state index in [0.29, 0.717) is 12.1 Å². The summed E-state index contributed by atoms with van der Waals surface area (Å²) in [5.41, 5.74) is -0.0698. The monoisotopic (exact) mass is 249 g/mol. The fourth-order valence-corrected chi connectivity index (χ4v) is 1.77. The molecule has 5 heteroatoms. The fourth-order valence-electron chi connectivity index (χ4n) is 1.77. The van der Waals surface area contributed by atoms with E-state index in [1.165, 1.54) is 11.6 Å². The molecule has 0 spiro atoms. The lowest BCUT2D eigenvalue weighted by Gasteiger charge is -2.12. The Morgan fingerprint density at radius 1 is 1.44 bits per heavy atom. The lowest BCUT2D eigenvalue weighted by Crippen LogP contribution is -2.40. The highest BCUT2D eigenvalue weighted by Gasteiger charge is 2.08. The summed E-state index contributed by atoms with van der Waals surface area (Å²) in [4.78, 5) is 23.4. The van der Waals surface area contributed by atoms with Gasteiger partial charge in [0.05, 0.1) is 6.04 Å². The molecule has 1 atom stereocenters. The number of hydrogen-bond acceptors (Lipinski definition) is 3. The Kier molecular flexibility index (Phi) is 4.93. The summed E-state index contributed by atoms with van der Waals surface area (Å²) >= 11 is 0. The molecule has 98 valence electrons. The molecule has 1 rings (SSSR count). The van der Waals surface area contributed by atoms with Gasteiger partial charge in [-0.1, -0.05) is 19.3 Å². The van der Waals surface area contributed by atoms with Crippen molar-refractivity contribution >= 4 is 0 Å². The summed E-state index contributed by atoms with van der Waals surface area (Å²) in [6.45, 7) is 2.42. The van der Waals surface area contributed by atoms with Crippen LogP contribution in [0, 0.1) is 12.3 Å². The molecule has 0 aliphatic heterocycles. The van der Waals surface area contributed by atoms with Crippen molar-refractivity contribution in [2.75, 3.05) is 0 Å². The number of hydrogen-bond donors (Lipinski definition) is 1. The van der Waals surface area contributed by atoms with Crippen LogP contribution in [0.1, 0.15) is 25.3 Å². The van der Waals surface area contributed by atoms with Crippen molar-refractivity contribution in [1.82, 2.24) is 14.5 Å². The molecular weight excluding hydrogens is 230 g/mol. The van der Waals surface area contributed by atoms with Crippen LogP contribution in [0.5, 0.6) is 0 Å². The third-order valence-electron chi connectivity index (χ3n) is 2.83. The Balaban J connectivity index is 2.90. The van der Waals surface area contributed by atoms with Crippen LogP contribution >= 0.6 is 0 Å². The number of aromatic nitrogens is 2. The van der Waals surface area contributed by atoms with Gasteiger partial charge in [0, 0.05) is 32.4 Å². The second-order valence-electron chi connectivity index (χ2n) is 4.30. The van der Waals surface area contributed by atoms with Gasteiger partial charge in [-0.15, -0.1) is 6.42 Å². The second kappa shape index (κ2) is 6.22. The largest absolute Gasteiger partial charge is 0.330 e. The van der Waals surface area contributed by atoms with E-state index >= 15 is 0 Å². The molecule has 0 aliphatic rings. The lowest BCUT2D eigenvalue weighted by molar-refractivity contribution is 0.551. The number of rotatable bonds is 5. The predicted octanol–water partition coefficient (Wildman–Crippen LogP) is -0.0245. The molecule has 1 N–H and O–H groups in total. The highest BCUT2D eigenvalue weighted by atomic mass is 16.2. The Hall–Kier alpha value is -1.80. The predicted molar refractivity (Wildman–Crippen MR) is 71.3 cm³/mol. The first-order valence-corrected chi connectivity index (χ1v) is 5.96. The van der Waals surface area contributed by atoms with Crippen molar-refractivity contribution in [1.29, 1.82) is 0 Å². The van der Waals surface area contributed by atoms with Gasteiger partial charge in [-0.25, -0.2) is 4.79 Å². The van der Waals surface area contributed by atoms with Crippen LogP contribution in [0.2, 0.25) is 0 Å². The molecule has 18 heavy (non-hydrogen) atoms. The minimum atomic E-state index is -0.328. The zero-order valence-corrected chi connectivity index (χ0v) is 11.1. The van der Waals surface area contributed by atoms with E-state index in [1.54, 1.807) is 13.2 Å². The zero-order valence-electron chi connectivity index (χ0n) is 11.1. The maximum absolute atomic E-state index is 11.9. The lowest BCUT2D eigenvalue weighted by atomic mass is 10.1. The minimum Gasteiger partial charge on any atom is -0.303 e. The molecular formula is C13H19N3O2. The van der Waals surface area contributed by atoms with Gasteiger partial charge in [0.1, 0.15) is 0 Å². The average molecular weight is 249 g/mol. The maximum atomic E-state index is 11.9. The summed E-state index contributed by atoms with van der Waals surface area (Å²) in [5.74, 6) is 2.64. The number of terminal acetylenes is 1. The summed E-state index contributed by atoms with van der Waals surface area (Å²) in [6.07, 6.45) is 8.79. The standard InChI is InChI=1S/C13H19N3O2/c1-5-7-11(6-2)14-8-10-9-15(3)13(18)16(4)12(10)17/h2,9,11,14H,5,7-8H2,1,3-4H3. The summed E-state index contributed by atoms with van der Waals surface area (Å²) in [7, 11) is 3.09. The molecule has 0 fully saturated rings. The summed E-state index contributed by atoms with van der Waals surface area (Å²) in [5, 5.41) is 3.14. The van der Waals surface area contributed by atoms with E-state index < -0.39 is 0 Å². The molecule has 0 bridgehead atoms. The van der Waals surface area contributed by atoms with Crippen molar-refractivity contribution in [2.24, 2.45) is 14.1 Å². The molecule has 1 heterocycles. The molecule has 5 nitrogen and oxygen atoms in total. The normalized spacial score (nSPS) is 12.1. The molecule has 1 aromatic heterocycles. The van der Waals surface area contributed by atoms with Crippen molar-refractivity contribution in [2.45, 2.75) is 32.4 Å². The van der Waals surface area contributed by atoms with Crippen LogP contribution in [-0.2, 0) is 20.6 Å². The van der Waals surface area contributed by atoms with Crippen molar-refractivity contribution in [3.8, 4) is 12.3 Å². The quantitative estimate of drug-likeness (QED) is 0.746. The molecule has 0 saturated heterocycles. The minimum absolute atomic E-state index is 0.0445. The highest BCUT2D eigenvalue weighted by molar-refractivity contribution is 5.07. The van der Waals surface area contributed by atoms with Crippen LogP contribution in [0.4, 0.5) is 0 Å². The van der Waals surface area contributed by atoms with E-state index in [4.69, 9.17) is 6.42 Å². The number of nitrogens with zero attached hydrogens (tertiary/aromatic N) is 2. The molecule has 1 aromatic rings. The molecule has 1 unspecified atom stereocenters. The van der Waals surface area contributed by atoms with Crippen LogP contribution in [-0.4, -0.2) is 15.2 Å². The second-order valence-corrected chi connectivity index (χ2v) is 4.30. The van der Waals surface area contributed by atoms with Gasteiger partial charge in [0.15, 0.2) is 0 Å². The first-order valence-electron chi connectivity index (χ1n) is 5.96. The van der Waals surface area contributed by atoms with E-state index in [0.717, 1.165) is 17.4 Å². The fraction of sp³-hybridized carbons (Fsp3) is 0.538. The molecule has 0 aliphatic carbocycles. The summed E-state index contributed by atoms with van der Waals surface area (Å²) < 4.78 is 2.49. The van der Waals surface area contributed by atoms with E-state index in [1.807, 2.05) is 0 Å². The first-order chi connectivity index (χ1) is 8.51. The summed E-state index contributed by atoms with van der Waals surface area (Å²) in [6, 6.07) is -0.0445. The van der Waals surface area contributed by atoms with Gasteiger partial charge in [0.25, 0.3) is 5.56 Å². The topological polar surface area (TPSA) is 56.0 Å². The SMILES string of the molecule is C#CC(CCC)NCc1cn(C)c(=O)n(C)c1=O. The molecule has 0 aromatic carbocycles. The van der Waals surface area contributed by atoms with Gasteiger partial charge in [-0.2, -0.15) is 0 Å². The van der Waals surface area contributed by atoms with Crippen LogP contribution < -0.4 is 16.6 Å². The van der Waals surface area contributed by atoms with Crippen molar-refractivity contribution in [3.63, 3.8) is 0 Å². The smallest absolute Gasteiger partial charge is 0.303 e. The van der Waals surface area contributed by atoms with Crippen LogP contribution in [0.25, 0.3) is 0 Å². The van der Waals surface area contributed by atoms with Crippen LogP contribution in [0.15, 0.2) is 15.8 Å². The van der Waals surface area contributed by atoms with Gasteiger partial charge >= 0.3 is 5.69 Å². The third-order valence-corrected chi connectivity index (χ3v) is 2.83. The van der Waals surface area contributed by atoms with Crippen molar-refractivity contribution < 1.29 is 0 Å². The van der Waals surface area contributed by atoms with Gasteiger partial charge in [-0.3, -0.25) is 14.7 Å². The third kappa shape index (κ3) is 3.11. The molecule has 0 saturated carbocycles. The van der Waals surface area contributed by atoms with E-state index in [-0.39, 0.29) is 17.3 Å². The van der Waals surface area contributed by atoms with Crippen molar-refractivity contribution in [3.05, 3.63) is 32.6 Å². The molecule has 0 amide bonds. The Labute approximate surface area is 106 Å². The average Bonchev–Trinajstić information content (AvgIpc) is 2.37. The Bertz CT molecular complexity index is 563. The van der Waals surface area contributed by atoms with E-state index in [2.05, 4.69) is 18.2 Å². The maximum Gasteiger partial charge on any atom is 0.330 e. The van der Waals surface area contributed by atoms with Gasteiger partial charge in [0.2, 0.25) is 0 Å². The highest BCUT2D eigenvalue weighted by Crippen LogP contribution is 1.96. The number of nitrogens with one attached hydrogen (secondary N) is 1. The van der Waals surface area contributed by atoms with E-state index in [9.17, 15) is 9.59 Å². The molecule has 0 radical (unpaired) electrons. The van der Waals surface area contributed by atoms with Gasteiger partial charge < -0.3 is 4.57 Å². The Morgan fingerprint density at radius 2 is 2.11 bits per heavy atom. The number of aryl methyl sites for hydroxylation is 1. The Morgan fingerprint density at radius 3 is 2.67 bits per heavy atom. The van der Waals surface area contributed by atoms with Gasteiger partial charge in [-0.05, 0) is 6.42 Å². The first kappa shape index (κ1) is 14.3.